The van der Waals surface area contributed by atoms with Gasteiger partial charge in [0.2, 0.25) is 0 Å². The van der Waals surface area contributed by atoms with Gasteiger partial charge in [-0.15, -0.1) is 0 Å². The first kappa shape index (κ1) is 18.4. The van der Waals surface area contributed by atoms with E-state index >= 15 is 0 Å². The predicted molar refractivity (Wildman–Crippen MR) is 48.1 cm³/mol. The average Bonchev–Trinajstić information content (AvgIpc) is 2.23. The van der Waals surface area contributed by atoms with Crippen molar-refractivity contribution in [2.45, 2.75) is 44.1 Å². The molecular formula is C9H9F7O4. The number of alkyl halides is 7. The maximum atomic E-state index is 13.7. The van der Waals surface area contributed by atoms with Gasteiger partial charge in [-0.05, 0) is 6.92 Å². The van der Waals surface area contributed by atoms with Crippen molar-refractivity contribution in [3.8, 4) is 0 Å². The second kappa shape index (κ2) is 5.83. The van der Waals surface area contributed by atoms with Gasteiger partial charge in [0, 0.05) is 6.92 Å². The number of esters is 1. The highest BCUT2D eigenvalue weighted by Gasteiger charge is 2.80. The van der Waals surface area contributed by atoms with Crippen molar-refractivity contribution in [1.82, 2.24) is 0 Å². The van der Waals surface area contributed by atoms with Gasteiger partial charge in [-0.1, -0.05) is 0 Å². The van der Waals surface area contributed by atoms with Crippen molar-refractivity contribution < 1.29 is 49.8 Å². The SMILES string of the molecule is CC(=O)OC(C(F)F)(C(F)(F)F)C(F)(F)C(C)OC=O. The Morgan fingerprint density at radius 2 is 1.60 bits per heavy atom. The van der Waals surface area contributed by atoms with E-state index in [4.69, 9.17) is 0 Å². The van der Waals surface area contributed by atoms with Crippen LogP contribution in [0, 0.1) is 0 Å². The molecule has 0 N–H and O–H groups in total. The minimum atomic E-state index is -6.31. The lowest BCUT2D eigenvalue weighted by molar-refractivity contribution is -0.379. The third-order valence-corrected chi connectivity index (χ3v) is 2.30. The number of carbonyl (C=O) groups is 2. The third kappa shape index (κ3) is 2.96. The normalized spacial score (nSPS) is 17.3. The summed E-state index contributed by atoms with van der Waals surface area (Å²) in [5.41, 5.74) is -5.42. The molecule has 0 rings (SSSR count). The van der Waals surface area contributed by atoms with E-state index in [1.165, 1.54) is 0 Å². The molecule has 0 bridgehead atoms. The van der Waals surface area contributed by atoms with Crippen LogP contribution in [0.25, 0.3) is 0 Å². The minimum Gasteiger partial charge on any atom is -0.458 e. The van der Waals surface area contributed by atoms with Crippen molar-refractivity contribution in [2.75, 3.05) is 0 Å². The van der Waals surface area contributed by atoms with Gasteiger partial charge in [0.15, 0.2) is 6.10 Å². The molecule has 0 aromatic carbocycles. The van der Waals surface area contributed by atoms with E-state index in [-0.39, 0.29) is 13.8 Å². The van der Waals surface area contributed by atoms with Crippen LogP contribution in [0.5, 0.6) is 0 Å². The fourth-order valence-electron chi connectivity index (χ4n) is 1.33. The molecule has 2 unspecified atom stereocenters. The lowest BCUT2D eigenvalue weighted by atomic mass is 9.90. The van der Waals surface area contributed by atoms with Gasteiger partial charge in [0.25, 0.3) is 12.9 Å². The molecule has 0 aliphatic heterocycles. The van der Waals surface area contributed by atoms with Crippen LogP contribution >= 0.6 is 0 Å². The number of rotatable bonds is 6. The molecule has 0 amide bonds. The summed E-state index contributed by atoms with van der Waals surface area (Å²) in [5.74, 6) is -7.41. The molecule has 0 heterocycles. The van der Waals surface area contributed by atoms with Crippen LogP contribution in [0.15, 0.2) is 0 Å². The van der Waals surface area contributed by atoms with Crippen molar-refractivity contribution >= 4 is 12.4 Å². The summed E-state index contributed by atoms with van der Waals surface area (Å²) in [6.45, 7) is -0.135. The molecule has 0 fully saturated rings. The summed E-state index contributed by atoms with van der Waals surface area (Å²) < 4.78 is 97.6. The van der Waals surface area contributed by atoms with Gasteiger partial charge in [0.05, 0.1) is 0 Å². The summed E-state index contributed by atoms with van der Waals surface area (Å²) >= 11 is 0. The van der Waals surface area contributed by atoms with E-state index in [0.717, 1.165) is 0 Å². The molecule has 0 saturated carbocycles. The number of ether oxygens (including phenoxy) is 2. The molecule has 0 aliphatic carbocycles. The zero-order chi connectivity index (χ0) is 16.4. The van der Waals surface area contributed by atoms with Gasteiger partial charge in [-0.3, -0.25) is 9.59 Å². The number of hydrogen-bond acceptors (Lipinski definition) is 4. The first-order valence-electron chi connectivity index (χ1n) is 4.86. The van der Waals surface area contributed by atoms with Crippen LogP contribution in [0.3, 0.4) is 0 Å². The zero-order valence-corrected chi connectivity index (χ0v) is 10.0. The van der Waals surface area contributed by atoms with Crippen molar-refractivity contribution in [2.24, 2.45) is 0 Å². The number of hydrogen-bond donors (Lipinski definition) is 0. The number of carbonyl (C=O) groups excluding carboxylic acids is 2. The summed E-state index contributed by atoms with van der Waals surface area (Å²) in [7, 11) is 0. The molecule has 0 spiro atoms. The van der Waals surface area contributed by atoms with Gasteiger partial charge in [-0.2, -0.15) is 22.0 Å². The molecular weight excluding hydrogens is 305 g/mol. The number of halogens is 7. The van der Waals surface area contributed by atoms with Crippen molar-refractivity contribution in [3.05, 3.63) is 0 Å². The highest BCUT2D eigenvalue weighted by atomic mass is 19.4. The summed E-state index contributed by atoms with van der Waals surface area (Å²) in [6, 6.07) is 0. The molecule has 0 saturated heterocycles. The monoisotopic (exact) mass is 314 g/mol. The Labute approximate surface area is 107 Å². The van der Waals surface area contributed by atoms with Crippen LogP contribution in [-0.4, -0.2) is 42.7 Å². The third-order valence-electron chi connectivity index (χ3n) is 2.30. The zero-order valence-electron chi connectivity index (χ0n) is 10.0. The molecule has 118 valence electrons. The second-order valence-electron chi connectivity index (χ2n) is 3.63. The van der Waals surface area contributed by atoms with Gasteiger partial charge < -0.3 is 9.47 Å². The molecule has 11 heteroatoms. The van der Waals surface area contributed by atoms with E-state index in [1.54, 1.807) is 0 Å². The van der Waals surface area contributed by atoms with Gasteiger partial charge in [0.1, 0.15) is 0 Å². The highest BCUT2D eigenvalue weighted by molar-refractivity contribution is 5.67. The molecule has 0 radical (unpaired) electrons. The van der Waals surface area contributed by atoms with Crippen molar-refractivity contribution in [3.63, 3.8) is 0 Å². The molecule has 0 aliphatic rings. The Kier molecular flexibility index (Phi) is 5.38. The average molecular weight is 314 g/mol. The van der Waals surface area contributed by atoms with E-state index in [0.29, 0.717) is 0 Å². The van der Waals surface area contributed by atoms with Gasteiger partial charge >= 0.3 is 23.7 Å². The largest absolute Gasteiger partial charge is 0.458 e. The smallest absolute Gasteiger partial charge is 0.440 e. The first-order valence-corrected chi connectivity index (χ1v) is 4.86. The Balaban J connectivity index is 6.08. The predicted octanol–water partition coefficient (Wildman–Crippen LogP) is 2.31. The minimum absolute atomic E-state index is 0.251. The Bertz CT molecular complexity index is 368. The fourth-order valence-corrected chi connectivity index (χ4v) is 1.33. The van der Waals surface area contributed by atoms with Crippen molar-refractivity contribution in [1.29, 1.82) is 0 Å². The van der Waals surface area contributed by atoms with E-state index in [9.17, 15) is 40.3 Å². The van der Waals surface area contributed by atoms with Crippen LogP contribution in [-0.2, 0) is 19.1 Å². The lowest BCUT2D eigenvalue weighted by Gasteiger charge is -2.41. The van der Waals surface area contributed by atoms with Crippen LogP contribution in [0.4, 0.5) is 30.7 Å². The Morgan fingerprint density at radius 3 is 1.85 bits per heavy atom. The molecule has 20 heavy (non-hydrogen) atoms. The molecule has 0 aromatic rings. The summed E-state index contributed by atoms with van der Waals surface area (Å²) in [4.78, 5) is 20.4. The Hall–Kier alpha value is -1.55. The van der Waals surface area contributed by atoms with Crippen LogP contribution in [0.1, 0.15) is 13.8 Å². The second-order valence-corrected chi connectivity index (χ2v) is 3.63. The van der Waals surface area contributed by atoms with Gasteiger partial charge in [-0.25, -0.2) is 8.78 Å². The fraction of sp³-hybridized carbons (Fsp3) is 0.778. The lowest BCUT2D eigenvalue weighted by Crippen LogP contribution is -2.69. The van der Waals surface area contributed by atoms with E-state index in [2.05, 4.69) is 9.47 Å². The quantitative estimate of drug-likeness (QED) is 0.429. The standard InChI is InChI=1S/C9H9F7O4/c1-4(19-3-17)8(12,13)7(6(10)11,9(14,15)16)20-5(2)18/h3-4,6H,1-2H3. The molecule has 4 nitrogen and oxygen atoms in total. The molecule has 0 aromatic heterocycles. The Morgan fingerprint density at radius 1 is 1.15 bits per heavy atom. The first-order chi connectivity index (χ1) is 8.84. The highest BCUT2D eigenvalue weighted by Crippen LogP contribution is 2.50. The molecule has 2 atom stereocenters. The summed E-state index contributed by atoms with van der Waals surface area (Å²) in [5, 5.41) is 0. The van der Waals surface area contributed by atoms with E-state index < -0.39 is 42.7 Å². The van der Waals surface area contributed by atoms with Crippen LogP contribution in [0.2, 0.25) is 0 Å². The topological polar surface area (TPSA) is 52.6 Å². The summed E-state index contributed by atoms with van der Waals surface area (Å²) in [6.07, 6.45) is -14.0. The van der Waals surface area contributed by atoms with E-state index in [1.807, 2.05) is 0 Å². The maximum Gasteiger partial charge on any atom is 0.440 e. The maximum absolute atomic E-state index is 13.7. The van der Waals surface area contributed by atoms with Crippen LogP contribution < -0.4 is 0 Å².